The number of anilines is 2. The molecule has 1 heterocycles. The highest BCUT2D eigenvalue weighted by molar-refractivity contribution is 7.93. The van der Waals surface area contributed by atoms with Gasteiger partial charge in [0.25, 0.3) is 11.8 Å². The number of nitrogens with zero attached hydrogens (tertiary/aromatic N) is 2. The topological polar surface area (TPSA) is 167 Å². The first-order valence-corrected chi connectivity index (χ1v) is 16.8. The monoisotopic (exact) mass is 700 g/mol. The van der Waals surface area contributed by atoms with Gasteiger partial charge in [-0.05, 0) is 68.1 Å². The summed E-state index contributed by atoms with van der Waals surface area (Å²) < 4.78 is 66.2. The number of esters is 2. The number of halogens is 3. The Morgan fingerprint density at radius 3 is 2.12 bits per heavy atom. The van der Waals surface area contributed by atoms with Crippen molar-refractivity contribution in [1.82, 2.24) is 4.98 Å². The third-order valence-electron chi connectivity index (χ3n) is 6.97. The van der Waals surface area contributed by atoms with E-state index in [9.17, 15) is 36.6 Å². The van der Waals surface area contributed by atoms with Crippen molar-refractivity contribution in [2.75, 3.05) is 36.8 Å². The van der Waals surface area contributed by atoms with Crippen molar-refractivity contribution in [1.29, 1.82) is 0 Å². The number of ether oxygens (including phenoxy) is 2. The third kappa shape index (κ3) is 12.4. The number of alkyl halides is 3. The lowest BCUT2D eigenvalue weighted by Crippen LogP contribution is -2.15. The van der Waals surface area contributed by atoms with E-state index in [0.29, 0.717) is 31.2 Å². The number of carbonyl (C=O) groups excluding carboxylic acids is 4. The lowest BCUT2D eigenvalue weighted by atomic mass is 10.1. The van der Waals surface area contributed by atoms with Crippen molar-refractivity contribution >= 4 is 45.0 Å². The Bertz CT molecular complexity index is 1850. The second kappa shape index (κ2) is 17.8. The SMILES string of the molecule is COC(=O)CCCCS(=O)(CCCCC(=O)OC)=NC(=O)c1cnc(N)c(C#Cc2cccc(NC(=O)c3cccc(C(F)(F)F)c3)c2)c1. The molecule has 11 nitrogen and oxygen atoms in total. The second-order valence-corrected chi connectivity index (χ2v) is 13.2. The van der Waals surface area contributed by atoms with Crippen LogP contribution in [0, 0.1) is 11.8 Å². The summed E-state index contributed by atoms with van der Waals surface area (Å²) >= 11 is 0. The average Bonchev–Trinajstić information content (AvgIpc) is 3.07. The number of aromatic nitrogens is 1. The maximum atomic E-state index is 13.7. The van der Waals surface area contributed by atoms with Crippen molar-refractivity contribution in [2.24, 2.45) is 4.36 Å². The summed E-state index contributed by atoms with van der Waals surface area (Å²) in [7, 11) is -0.546. The average molecular weight is 701 g/mol. The number of nitrogens with one attached hydrogen (secondary N) is 1. The summed E-state index contributed by atoms with van der Waals surface area (Å²) in [5.41, 5.74) is 5.70. The van der Waals surface area contributed by atoms with Gasteiger partial charge in [0.2, 0.25) is 0 Å². The molecule has 2 amide bonds. The Kier molecular flexibility index (Phi) is 13.9. The summed E-state index contributed by atoms with van der Waals surface area (Å²) in [6, 6.07) is 11.6. The van der Waals surface area contributed by atoms with Crippen LogP contribution >= 0.6 is 0 Å². The number of pyridine rings is 1. The predicted octanol–water partition coefficient (Wildman–Crippen LogP) is 5.63. The minimum Gasteiger partial charge on any atom is -0.469 e. The quantitative estimate of drug-likeness (QED) is 0.131. The number of benzene rings is 2. The maximum Gasteiger partial charge on any atom is 0.416 e. The lowest BCUT2D eigenvalue weighted by molar-refractivity contribution is -0.141. The van der Waals surface area contributed by atoms with Gasteiger partial charge < -0.3 is 20.5 Å². The molecule has 3 aromatic rings. The molecule has 0 atom stereocenters. The molecule has 0 unspecified atom stereocenters. The van der Waals surface area contributed by atoms with E-state index >= 15 is 0 Å². The van der Waals surface area contributed by atoms with Crippen LogP contribution in [0.15, 0.2) is 65.2 Å². The molecule has 0 saturated carbocycles. The van der Waals surface area contributed by atoms with Gasteiger partial charge in [-0.1, -0.05) is 24.0 Å². The fourth-order valence-electron chi connectivity index (χ4n) is 4.34. The fraction of sp³-hybridized carbons (Fsp3) is 0.324. The zero-order valence-electron chi connectivity index (χ0n) is 26.8. The van der Waals surface area contributed by atoms with Gasteiger partial charge in [-0.15, -0.1) is 0 Å². The lowest BCUT2D eigenvalue weighted by Gasteiger charge is -2.10. The molecule has 0 aliphatic carbocycles. The van der Waals surface area contributed by atoms with Crippen molar-refractivity contribution in [3.8, 4) is 11.8 Å². The largest absolute Gasteiger partial charge is 0.469 e. The Hall–Kier alpha value is -5.23. The first-order valence-electron chi connectivity index (χ1n) is 15.0. The molecule has 0 spiro atoms. The van der Waals surface area contributed by atoms with Crippen molar-refractivity contribution in [2.45, 2.75) is 44.7 Å². The van der Waals surface area contributed by atoms with Crippen molar-refractivity contribution < 1.29 is 46.0 Å². The van der Waals surface area contributed by atoms with Crippen molar-refractivity contribution in [3.63, 3.8) is 0 Å². The molecule has 0 aliphatic heterocycles. The summed E-state index contributed by atoms with van der Waals surface area (Å²) in [5, 5.41) is 2.54. The highest BCUT2D eigenvalue weighted by atomic mass is 32.2. The summed E-state index contributed by atoms with van der Waals surface area (Å²) in [5.74, 6) is 3.38. The smallest absolute Gasteiger partial charge is 0.416 e. The normalized spacial score (nSPS) is 11.1. The van der Waals surface area contributed by atoms with Gasteiger partial charge >= 0.3 is 18.1 Å². The van der Waals surface area contributed by atoms with Crippen LogP contribution in [0.1, 0.15) is 75.9 Å². The van der Waals surface area contributed by atoms with E-state index in [-0.39, 0.29) is 52.5 Å². The van der Waals surface area contributed by atoms with E-state index in [4.69, 9.17) is 5.73 Å². The van der Waals surface area contributed by atoms with E-state index in [0.717, 1.165) is 18.2 Å². The number of hydrogen-bond acceptors (Lipinski definition) is 9. The van der Waals surface area contributed by atoms with Crippen LogP contribution in [0.2, 0.25) is 0 Å². The molecule has 3 N–H and O–H groups in total. The first kappa shape index (κ1) is 38.2. The minimum atomic E-state index is -4.60. The molecule has 15 heteroatoms. The molecule has 2 aromatic carbocycles. The number of amides is 2. The maximum absolute atomic E-state index is 13.7. The minimum absolute atomic E-state index is 0.00408. The molecule has 0 bridgehead atoms. The summed E-state index contributed by atoms with van der Waals surface area (Å²) in [4.78, 5) is 52.8. The van der Waals surface area contributed by atoms with Crippen LogP contribution in [0.3, 0.4) is 0 Å². The third-order valence-corrected chi connectivity index (χ3v) is 9.32. The molecule has 0 fully saturated rings. The Labute approximate surface area is 282 Å². The highest BCUT2D eigenvalue weighted by Gasteiger charge is 2.31. The number of unbranched alkanes of at least 4 members (excludes halogenated alkanes) is 2. The first-order chi connectivity index (χ1) is 23.2. The van der Waals surface area contributed by atoms with Gasteiger partial charge in [-0.2, -0.15) is 17.5 Å². The zero-order valence-corrected chi connectivity index (χ0v) is 27.6. The Balaban J connectivity index is 1.79. The van der Waals surface area contributed by atoms with Gasteiger partial charge in [0.1, 0.15) is 5.82 Å². The van der Waals surface area contributed by atoms with Crippen LogP contribution < -0.4 is 11.1 Å². The molecule has 0 saturated heterocycles. The number of nitrogens with two attached hydrogens (primary N) is 1. The predicted molar refractivity (Wildman–Crippen MR) is 177 cm³/mol. The molecule has 49 heavy (non-hydrogen) atoms. The number of carbonyl (C=O) groups is 4. The molecule has 0 aliphatic rings. The van der Waals surface area contributed by atoms with Crippen molar-refractivity contribution in [3.05, 3.63) is 88.6 Å². The molecular weight excluding hydrogens is 665 g/mol. The van der Waals surface area contributed by atoms with Crippen LogP contribution in [-0.4, -0.2) is 58.7 Å². The van der Waals surface area contributed by atoms with Crippen LogP contribution in [0.25, 0.3) is 0 Å². The number of hydrogen-bond donors (Lipinski definition) is 2. The van der Waals surface area contributed by atoms with E-state index in [1.807, 2.05) is 0 Å². The Morgan fingerprint density at radius 1 is 0.878 bits per heavy atom. The van der Waals surface area contributed by atoms with E-state index in [2.05, 4.69) is 36.0 Å². The summed E-state index contributed by atoms with van der Waals surface area (Å²) in [6.45, 7) is 0. The van der Waals surface area contributed by atoms with Gasteiger partial charge in [0.15, 0.2) is 0 Å². The van der Waals surface area contributed by atoms with Crippen LogP contribution in [-0.2, 0) is 35.0 Å². The number of methoxy groups -OCH3 is 2. The highest BCUT2D eigenvalue weighted by Crippen LogP contribution is 2.29. The number of nitrogen functional groups attached to an aromatic ring is 1. The van der Waals surface area contributed by atoms with Gasteiger partial charge in [0, 0.05) is 47.4 Å². The molecular formula is C34H35F3N4O7S. The van der Waals surface area contributed by atoms with Gasteiger partial charge in [-0.25, -0.2) is 9.19 Å². The molecule has 0 radical (unpaired) electrons. The molecule has 260 valence electrons. The zero-order chi connectivity index (χ0) is 36.0. The standard InChI is InChI=1S/C34H35F3N4O7S/c1-47-29(42)13-3-5-17-49(46,18-6-4-14-30(43)48-2)41-33(45)26-20-24(31(38)39-22-26)16-15-23-9-7-12-28(19-23)40-32(44)25-10-8-11-27(21-25)34(35,36)37/h7-12,19-22H,3-6,13-14,17-18H2,1-2H3,(H2,38,39)(H,40,44). The Morgan fingerprint density at radius 2 is 1.51 bits per heavy atom. The van der Waals surface area contributed by atoms with E-state index < -0.39 is 45.2 Å². The van der Waals surface area contributed by atoms with Crippen LogP contribution in [0.5, 0.6) is 0 Å². The second-order valence-electron chi connectivity index (χ2n) is 10.7. The molecule has 3 rings (SSSR count). The fourth-order valence-corrected chi connectivity index (χ4v) is 6.45. The molecule has 1 aromatic heterocycles. The van der Waals surface area contributed by atoms with Crippen LogP contribution in [0.4, 0.5) is 24.7 Å². The van der Waals surface area contributed by atoms with E-state index in [1.54, 1.807) is 12.1 Å². The van der Waals surface area contributed by atoms with E-state index in [1.165, 1.54) is 44.7 Å². The number of rotatable bonds is 13. The van der Waals surface area contributed by atoms with Gasteiger partial charge in [0.05, 0.1) is 40.6 Å². The van der Waals surface area contributed by atoms with Gasteiger partial charge in [-0.3, -0.25) is 19.2 Å². The summed E-state index contributed by atoms with van der Waals surface area (Å²) in [6.07, 6.45) is -1.71.